The Labute approximate surface area is 167 Å². The fourth-order valence-electron chi connectivity index (χ4n) is 4.06. The highest BCUT2D eigenvalue weighted by molar-refractivity contribution is 5.85. The monoisotopic (exact) mass is 396 g/mol. The second-order valence-electron chi connectivity index (χ2n) is 7.77. The standard InChI is InChI=1S/C25H20F4/c1-15-2-8-18(9-3-15)19-10-6-16(7-11-19)4-5-17-12-20-14-22(27)24(28)25(29)23(20)21(26)13-17/h2-3,8-9,12-14,16,19H,6-7,10-11H2,1H3. The SMILES string of the molecule is Cc1ccc(C2CCC(C#Cc3cc(F)c4c(F)c(F)c(F)cc4c3)CC2)cc1. The zero-order valence-corrected chi connectivity index (χ0v) is 16.0. The second kappa shape index (κ2) is 7.91. The molecule has 4 heteroatoms. The zero-order valence-electron chi connectivity index (χ0n) is 16.0. The van der Waals surface area contributed by atoms with E-state index in [2.05, 4.69) is 43.0 Å². The van der Waals surface area contributed by atoms with Gasteiger partial charge in [-0.1, -0.05) is 41.7 Å². The Morgan fingerprint density at radius 1 is 0.793 bits per heavy atom. The van der Waals surface area contributed by atoms with Crippen LogP contribution in [0, 0.1) is 48.0 Å². The van der Waals surface area contributed by atoms with Gasteiger partial charge in [-0.2, -0.15) is 0 Å². The van der Waals surface area contributed by atoms with Gasteiger partial charge in [-0.25, -0.2) is 17.6 Å². The van der Waals surface area contributed by atoms with E-state index in [0.717, 1.165) is 37.8 Å². The Bertz CT molecular complexity index is 1110. The van der Waals surface area contributed by atoms with Crippen molar-refractivity contribution >= 4 is 10.8 Å². The highest BCUT2D eigenvalue weighted by atomic mass is 19.2. The first-order valence-corrected chi connectivity index (χ1v) is 9.77. The first-order valence-electron chi connectivity index (χ1n) is 9.77. The number of rotatable bonds is 1. The Kier molecular flexibility index (Phi) is 5.32. The molecule has 29 heavy (non-hydrogen) atoms. The minimum atomic E-state index is -1.67. The van der Waals surface area contributed by atoms with E-state index in [-0.39, 0.29) is 11.3 Å². The van der Waals surface area contributed by atoms with Crippen LogP contribution in [0.4, 0.5) is 17.6 Å². The van der Waals surface area contributed by atoms with Gasteiger partial charge in [-0.05, 0) is 67.7 Å². The molecular formula is C25H20F4. The molecule has 148 valence electrons. The molecule has 0 nitrogen and oxygen atoms in total. The summed E-state index contributed by atoms with van der Waals surface area (Å²) in [5, 5.41) is -0.582. The Balaban J connectivity index is 1.50. The van der Waals surface area contributed by atoms with E-state index in [1.807, 2.05) is 0 Å². The summed E-state index contributed by atoms with van der Waals surface area (Å²) in [6, 6.07) is 11.9. The lowest BCUT2D eigenvalue weighted by Gasteiger charge is -2.26. The van der Waals surface area contributed by atoms with Crippen LogP contribution in [0.1, 0.15) is 48.3 Å². The molecule has 1 aliphatic rings. The summed E-state index contributed by atoms with van der Waals surface area (Å²) in [4.78, 5) is 0. The summed E-state index contributed by atoms with van der Waals surface area (Å²) in [5.41, 5.74) is 2.94. The van der Waals surface area contributed by atoms with Crippen molar-refractivity contribution in [2.75, 3.05) is 0 Å². The molecule has 1 aliphatic carbocycles. The number of fused-ring (bicyclic) bond motifs is 1. The normalized spacial score (nSPS) is 19.1. The lowest BCUT2D eigenvalue weighted by atomic mass is 9.79. The van der Waals surface area contributed by atoms with E-state index in [9.17, 15) is 17.6 Å². The smallest absolute Gasteiger partial charge is 0.195 e. The summed E-state index contributed by atoms with van der Waals surface area (Å²) in [6.45, 7) is 2.07. The molecule has 0 aromatic heterocycles. The minimum Gasteiger partial charge on any atom is -0.206 e. The quantitative estimate of drug-likeness (QED) is 0.235. The summed E-state index contributed by atoms with van der Waals surface area (Å²) in [5.74, 6) is 1.40. The lowest BCUT2D eigenvalue weighted by Crippen LogP contribution is -2.12. The van der Waals surface area contributed by atoms with Crippen molar-refractivity contribution in [1.82, 2.24) is 0 Å². The van der Waals surface area contributed by atoms with Gasteiger partial charge in [0, 0.05) is 11.5 Å². The number of halogens is 4. The highest BCUT2D eigenvalue weighted by Gasteiger charge is 2.21. The van der Waals surface area contributed by atoms with Crippen LogP contribution in [0.2, 0.25) is 0 Å². The average molecular weight is 396 g/mol. The molecular weight excluding hydrogens is 376 g/mol. The van der Waals surface area contributed by atoms with E-state index in [4.69, 9.17) is 0 Å². The maximum atomic E-state index is 14.3. The molecule has 0 bridgehead atoms. The summed E-state index contributed by atoms with van der Waals surface area (Å²) in [6.07, 6.45) is 4.00. The van der Waals surface area contributed by atoms with Gasteiger partial charge in [-0.15, -0.1) is 0 Å². The van der Waals surface area contributed by atoms with Crippen LogP contribution in [-0.2, 0) is 0 Å². The van der Waals surface area contributed by atoms with Gasteiger partial charge in [-0.3, -0.25) is 0 Å². The third kappa shape index (κ3) is 4.00. The molecule has 1 fully saturated rings. The van der Waals surface area contributed by atoms with E-state index in [1.54, 1.807) is 0 Å². The van der Waals surface area contributed by atoms with Gasteiger partial charge >= 0.3 is 0 Å². The number of aryl methyl sites for hydroxylation is 1. The molecule has 1 saturated carbocycles. The molecule has 0 radical (unpaired) electrons. The molecule has 0 unspecified atom stereocenters. The molecule has 0 heterocycles. The van der Waals surface area contributed by atoms with E-state index < -0.39 is 28.7 Å². The van der Waals surface area contributed by atoms with Crippen molar-refractivity contribution in [3.63, 3.8) is 0 Å². The largest absolute Gasteiger partial charge is 0.206 e. The van der Waals surface area contributed by atoms with Crippen molar-refractivity contribution in [3.05, 3.63) is 82.4 Å². The van der Waals surface area contributed by atoms with Gasteiger partial charge in [0.1, 0.15) is 5.82 Å². The van der Waals surface area contributed by atoms with Crippen molar-refractivity contribution in [1.29, 1.82) is 0 Å². The Morgan fingerprint density at radius 3 is 2.17 bits per heavy atom. The third-order valence-electron chi connectivity index (χ3n) is 5.72. The van der Waals surface area contributed by atoms with Crippen LogP contribution in [0.5, 0.6) is 0 Å². The number of benzene rings is 3. The average Bonchev–Trinajstić information content (AvgIpc) is 2.71. The summed E-state index contributed by atoms with van der Waals surface area (Å²) in [7, 11) is 0. The van der Waals surface area contributed by atoms with Crippen LogP contribution in [-0.4, -0.2) is 0 Å². The van der Waals surface area contributed by atoms with Gasteiger partial charge in [0.15, 0.2) is 17.5 Å². The van der Waals surface area contributed by atoms with Crippen molar-refractivity contribution in [2.24, 2.45) is 5.92 Å². The first-order chi connectivity index (χ1) is 13.9. The van der Waals surface area contributed by atoms with Crippen LogP contribution < -0.4 is 0 Å². The molecule has 3 aromatic rings. The topological polar surface area (TPSA) is 0 Å². The molecule has 0 aliphatic heterocycles. The maximum Gasteiger partial charge on any atom is 0.195 e. The Morgan fingerprint density at radius 2 is 1.48 bits per heavy atom. The van der Waals surface area contributed by atoms with E-state index in [1.165, 1.54) is 17.2 Å². The van der Waals surface area contributed by atoms with Gasteiger partial charge in [0.25, 0.3) is 0 Å². The van der Waals surface area contributed by atoms with Gasteiger partial charge in [0.05, 0.1) is 5.39 Å². The molecule has 0 saturated heterocycles. The predicted molar refractivity (Wildman–Crippen MR) is 107 cm³/mol. The Hall–Kier alpha value is -2.80. The number of hydrogen-bond donors (Lipinski definition) is 0. The zero-order chi connectivity index (χ0) is 20.5. The van der Waals surface area contributed by atoms with Gasteiger partial charge in [0.2, 0.25) is 0 Å². The second-order valence-corrected chi connectivity index (χ2v) is 7.77. The van der Waals surface area contributed by atoms with E-state index >= 15 is 0 Å². The van der Waals surface area contributed by atoms with Crippen LogP contribution in [0.3, 0.4) is 0 Å². The summed E-state index contributed by atoms with van der Waals surface area (Å²) < 4.78 is 54.9. The van der Waals surface area contributed by atoms with Crippen molar-refractivity contribution in [3.8, 4) is 11.8 Å². The van der Waals surface area contributed by atoms with E-state index in [0.29, 0.717) is 11.5 Å². The van der Waals surface area contributed by atoms with Crippen LogP contribution in [0.25, 0.3) is 10.8 Å². The molecule has 0 spiro atoms. The fourth-order valence-corrected chi connectivity index (χ4v) is 4.06. The molecule has 3 aromatic carbocycles. The fraction of sp³-hybridized carbons (Fsp3) is 0.280. The lowest BCUT2D eigenvalue weighted by molar-refractivity contribution is 0.384. The van der Waals surface area contributed by atoms with Crippen LogP contribution >= 0.6 is 0 Å². The number of hydrogen-bond acceptors (Lipinski definition) is 0. The van der Waals surface area contributed by atoms with Gasteiger partial charge < -0.3 is 0 Å². The predicted octanol–water partition coefficient (Wildman–Crippen LogP) is 7.03. The van der Waals surface area contributed by atoms with Crippen molar-refractivity contribution in [2.45, 2.75) is 38.5 Å². The first kappa shape index (κ1) is 19.5. The molecule has 0 N–H and O–H groups in total. The molecule has 0 amide bonds. The third-order valence-corrected chi connectivity index (χ3v) is 5.72. The summed E-state index contributed by atoms with van der Waals surface area (Å²) >= 11 is 0. The highest BCUT2D eigenvalue weighted by Crippen LogP contribution is 2.35. The molecule has 0 atom stereocenters. The molecule has 4 rings (SSSR count). The van der Waals surface area contributed by atoms with Crippen LogP contribution in [0.15, 0.2) is 42.5 Å². The van der Waals surface area contributed by atoms with Crippen molar-refractivity contribution < 1.29 is 17.6 Å². The maximum absolute atomic E-state index is 14.3. The minimum absolute atomic E-state index is 0.0335.